The van der Waals surface area contributed by atoms with E-state index in [0.717, 1.165) is 19.6 Å². The zero-order valence-corrected chi connectivity index (χ0v) is 8.30. The van der Waals surface area contributed by atoms with Crippen molar-refractivity contribution in [3.05, 3.63) is 0 Å². The molecule has 0 aromatic rings. The molecule has 12 heavy (non-hydrogen) atoms. The molecule has 1 saturated heterocycles. The van der Waals surface area contributed by atoms with Crippen LogP contribution in [0.5, 0.6) is 0 Å². The van der Waals surface area contributed by atoms with E-state index in [9.17, 15) is 0 Å². The van der Waals surface area contributed by atoms with Crippen molar-refractivity contribution in [2.75, 3.05) is 33.3 Å². The lowest BCUT2D eigenvalue weighted by Gasteiger charge is -2.29. The standard InChI is InChI=1S/C9H20N2O/c1-9(2)6-10-4-8(5-12)11(3)7-9/h8,10,12H,4-7H2,1-3H3. The Morgan fingerprint density at radius 3 is 2.83 bits per heavy atom. The van der Waals surface area contributed by atoms with Crippen LogP contribution in [0.2, 0.25) is 0 Å². The molecule has 0 aromatic carbocycles. The maximum atomic E-state index is 9.07. The van der Waals surface area contributed by atoms with Gasteiger partial charge in [-0.1, -0.05) is 13.8 Å². The minimum Gasteiger partial charge on any atom is -0.395 e. The molecule has 0 amide bonds. The van der Waals surface area contributed by atoms with Crippen LogP contribution in [0.3, 0.4) is 0 Å². The van der Waals surface area contributed by atoms with Crippen LogP contribution in [0.4, 0.5) is 0 Å². The van der Waals surface area contributed by atoms with E-state index in [4.69, 9.17) is 5.11 Å². The first-order chi connectivity index (χ1) is 5.55. The Balaban J connectivity index is 2.56. The lowest BCUT2D eigenvalue weighted by atomic mass is 9.93. The van der Waals surface area contributed by atoms with E-state index in [1.54, 1.807) is 0 Å². The Morgan fingerprint density at radius 1 is 1.58 bits per heavy atom. The van der Waals surface area contributed by atoms with Gasteiger partial charge in [-0.15, -0.1) is 0 Å². The predicted octanol–water partition coefficient (Wildman–Crippen LogP) is -0.0915. The molecule has 1 fully saturated rings. The Hall–Kier alpha value is -0.120. The second-order valence-electron chi connectivity index (χ2n) is 4.55. The molecule has 1 heterocycles. The molecular formula is C9H20N2O. The molecule has 0 spiro atoms. The molecule has 3 nitrogen and oxygen atoms in total. The first kappa shape index (κ1) is 9.96. The monoisotopic (exact) mass is 172 g/mol. The van der Waals surface area contributed by atoms with Crippen LogP contribution >= 0.6 is 0 Å². The van der Waals surface area contributed by atoms with E-state index in [1.165, 1.54) is 0 Å². The van der Waals surface area contributed by atoms with Gasteiger partial charge in [0.15, 0.2) is 0 Å². The Morgan fingerprint density at radius 2 is 2.25 bits per heavy atom. The van der Waals surface area contributed by atoms with Crippen LogP contribution in [0.25, 0.3) is 0 Å². The molecule has 3 heteroatoms. The van der Waals surface area contributed by atoms with Crippen molar-refractivity contribution in [1.82, 2.24) is 10.2 Å². The summed E-state index contributed by atoms with van der Waals surface area (Å²) in [5.74, 6) is 0. The maximum Gasteiger partial charge on any atom is 0.0599 e. The van der Waals surface area contributed by atoms with E-state index in [-0.39, 0.29) is 12.6 Å². The molecule has 0 aliphatic carbocycles. The van der Waals surface area contributed by atoms with E-state index in [0.29, 0.717) is 5.41 Å². The van der Waals surface area contributed by atoms with Crippen molar-refractivity contribution in [3.8, 4) is 0 Å². The van der Waals surface area contributed by atoms with Gasteiger partial charge in [-0.3, -0.25) is 4.90 Å². The van der Waals surface area contributed by atoms with Gasteiger partial charge in [0, 0.05) is 25.7 Å². The average Bonchev–Trinajstić information content (AvgIpc) is 2.07. The predicted molar refractivity (Wildman–Crippen MR) is 50.2 cm³/mol. The van der Waals surface area contributed by atoms with Gasteiger partial charge in [-0.05, 0) is 12.5 Å². The summed E-state index contributed by atoms with van der Waals surface area (Å²) in [6, 6.07) is 0.284. The van der Waals surface area contributed by atoms with Crippen molar-refractivity contribution in [2.24, 2.45) is 5.41 Å². The summed E-state index contributed by atoms with van der Waals surface area (Å²) in [5, 5.41) is 12.4. The zero-order valence-electron chi connectivity index (χ0n) is 8.30. The number of aliphatic hydroxyl groups is 1. The first-order valence-corrected chi connectivity index (χ1v) is 4.57. The highest BCUT2D eigenvalue weighted by atomic mass is 16.3. The highest BCUT2D eigenvalue weighted by molar-refractivity contribution is 4.84. The van der Waals surface area contributed by atoms with E-state index < -0.39 is 0 Å². The average molecular weight is 172 g/mol. The quantitative estimate of drug-likeness (QED) is 0.580. The molecule has 72 valence electrons. The minimum absolute atomic E-state index is 0.250. The van der Waals surface area contributed by atoms with Crippen molar-refractivity contribution in [2.45, 2.75) is 19.9 Å². The third kappa shape index (κ3) is 2.44. The summed E-state index contributed by atoms with van der Waals surface area (Å²) in [7, 11) is 2.08. The lowest BCUT2D eigenvalue weighted by Crippen LogP contribution is -2.40. The summed E-state index contributed by atoms with van der Waals surface area (Å²) in [4.78, 5) is 2.24. The topological polar surface area (TPSA) is 35.5 Å². The number of hydrogen-bond donors (Lipinski definition) is 2. The van der Waals surface area contributed by atoms with Crippen molar-refractivity contribution < 1.29 is 5.11 Å². The molecule has 1 aliphatic rings. The number of nitrogens with one attached hydrogen (secondary N) is 1. The molecule has 1 unspecified atom stereocenters. The number of hydrogen-bond acceptors (Lipinski definition) is 3. The van der Waals surface area contributed by atoms with Gasteiger partial charge in [0.25, 0.3) is 0 Å². The molecule has 1 atom stereocenters. The summed E-state index contributed by atoms with van der Waals surface area (Å²) >= 11 is 0. The lowest BCUT2D eigenvalue weighted by molar-refractivity contribution is 0.132. The maximum absolute atomic E-state index is 9.07. The smallest absolute Gasteiger partial charge is 0.0599 e. The summed E-state index contributed by atoms with van der Waals surface area (Å²) < 4.78 is 0. The Kier molecular flexibility index (Phi) is 3.09. The fourth-order valence-corrected chi connectivity index (χ4v) is 1.80. The van der Waals surface area contributed by atoms with E-state index in [1.807, 2.05) is 0 Å². The van der Waals surface area contributed by atoms with Gasteiger partial charge < -0.3 is 10.4 Å². The molecule has 0 saturated carbocycles. The highest BCUT2D eigenvalue weighted by Crippen LogP contribution is 2.18. The number of nitrogens with zero attached hydrogens (tertiary/aromatic N) is 1. The third-order valence-corrected chi connectivity index (χ3v) is 2.50. The SMILES string of the molecule is CN1CC(C)(C)CNCC1CO. The molecule has 0 aromatic heterocycles. The molecule has 1 rings (SSSR count). The largest absolute Gasteiger partial charge is 0.395 e. The number of aliphatic hydroxyl groups excluding tert-OH is 1. The Bertz CT molecular complexity index is 147. The van der Waals surface area contributed by atoms with Crippen molar-refractivity contribution >= 4 is 0 Å². The van der Waals surface area contributed by atoms with Crippen LogP contribution in [0.15, 0.2) is 0 Å². The van der Waals surface area contributed by atoms with E-state index in [2.05, 4.69) is 31.1 Å². The van der Waals surface area contributed by atoms with Crippen LogP contribution in [0, 0.1) is 5.41 Å². The van der Waals surface area contributed by atoms with Crippen LogP contribution in [-0.2, 0) is 0 Å². The normalized spacial score (nSPS) is 31.5. The summed E-state index contributed by atoms with van der Waals surface area (Å²) in [5.41, 5.74) is 0.318. The van der Waals surface area contributed by atoms with Crippen molar-refractivity contribution in [3.63, 3.8) is 0 Å². The Labute approximate surface area is 74.8 Å². The minimum atomic E-state index is 0.250. The highest BCUT2D eigenvalue weighted by Gasteiger charge is 2.27. The van der Waals surface area contributed by atoms with Gasteiger partial charge in [0.2, 0.25) is 0 Å². The van der Waals surface area contributed by atoms with Crippen molar-refractivity contribution in [1.29, 1.82) is 0 Å². The number of likely N-dealkylation sites (N-methyl/N-ethyl adjacent to an activating group) is 1. The fourth-order valence-electron chi connectivity index (χ4n) is 1.80. The molecule has 2 N–H and O–H groups in total. The van der Waals surface area contributed by atoms with E-state index >= 15 is 0 Å². The van der Waals surface area contributed by atoms with Crippen LogP contribution in [-0.4, -0.2) is 49.3 Å². The number of rotatable bonds is 1. The third-order valence-electron chi connectivity index (χ3n) is 2.50. The molecule has 1 aliphatic heterocycles. The van der Waals surface area contributed by atoms with Gasteiger partial charge >= 0.3 is 0 Å². The summed E-state index contributed by atoms with van der Waals surface area (Å²) in [6.07, 6.45) is 0. The van der Waals surface area contributed by atoms with Gasteiger partial charge in [-0.2, -0.15) is 0 Å². The second-order valence-corrected chi connectivity index (χ2v) is 4.55. The van der Waals surface area contributed by atoms with Gasteiger partial charge in [0.05, 0.1) is 6.61 Å². The summed E-state index contributed by atoms with van der Waals surface area (Å²) in [6.45, 7) is 7.72. The van der Waals surface area contributed by atoms with Gasteiger partial charge in [-0.25, -0.2) is 0 Å². The second kappa shape index (κ2) is 3.73. The molecular weight excluding hydrogens is 152 g/mol. The molecule has 0 bridgehead atoms. The molecule has 0 radical (unpaired) electrons. The first-order valence-electron chi connectivity index (χ1n) is 4.57. The fraction of sp³-hybridized carbons (Fsp3) is 1.00. The zero-order chi connectivity index (χ0) is 9.19. The van der Waals surface area contributed by atoms with Gasteiger partial charge in [0.1, 0.15) is 0 Å². The van der Waals surface area contributed by atoms with Crippen LogP contribution in [0.1, 0.15) is 13.8 Å². The van der Waals surface area contributed by atoms with Crippen LogP contribution < -0.4 is 5.32 Å².